The van der Waals surface area contributed by atoms with Crippen molar-refractivity contribution in [2.75, 3.05) is 0 Å². The summed E-state index contributed by atoms with van der Waals surface area (Å²) in [6.07, 6.45) is -2.99. The fourth-order valence-electron chi connectivity index (χ4n) is 3.03. The quantitative estimate of drug-likeness (QED) is 0.647. The summed E-state index contributed by atoms with van der Waals surface area (Å²) in [6.45, 7) is 2.19. The Morgan fingerprint density at radius 2 is 2.08 bits per heavy atom. The van der Waals surface area contributed by atoms with E-state index in [4.69, 9.17) is 5.21 Å². The maximum Gasteiger partial charge on any atom is 0.416 e. The Morgan fingerprint density at radius 3 is 2.73 bits per heavy atom. The van der Waals surface area contributed by atoms with Crippen LogP contribution in [-0.4, -0.2) is 32.5 Å². The summed E-state index contributed by atoms with van der Waals surface area (Å²) in [5.74, 6) is -1.13. The fourth-order valence-corrected chi connectivity index (χ4v) is 3.03. The van der Waals surface area contributed by atoms with Crippen LogP contribution < -0.4 is 5.48 Å². The Hall–Kier alpha value is -2.81. The smallest absolute Gasteiger partial charge is 0.341 e. The highest BCUT2D eigenvalue weighted by Crippen LogP contribution is 2.30. The van der Waals surface area contributed by atoms with E-state index in [1.807, 2.05) is 0 Å². The summed E-state index contributed by atoms with van der Waals surface area (Å²) >= 11 is 0. The number of carbonyl (C=O) groups is 2. The number of fused-ring (bicyclic) bond motifs is 1. The fraction of sp³-hybridized carbons (Fsp3) is 0.294. The number of nitrogens with one attached hydrogen (secondary N) is 1. The molecule has 2 heterocycles. The molecule has 0 saturated carbocycles. The average molecular weight is 367 g/mol. The summed E-state index contributed by atoms with van der Waals surface area (Å²) in [5.41, 5.74) is 1.48. The van der Waals surface area contributed by atoms with Crippen LogP contribution in [0.4, 0.5) is 13.2 Å². The first-order valence-corrected chi connectivity index (χ1v) is 7.82. The first-order valence-electron chi connectivity index (χ1n) is 7.82. The Morgan fingerprint density at radius 1 is 1.35 bits per heavy atom. The molecule has 1 unspecified atom stereocenters. The second-order valence-electron chi connectivity index (χ2n) is 6.19. The molecule has 0 bridgehead atoms. The van der Waals surface area contributed by atoms with Crippen molar-refractivity contribution in [2.45, 2.75) is 32.2 Å². The summed E-state index contributed by atoms with van der Waals surface area (Å²) in [6, 6.07) is 5.92. The number of carbonyl (C=O) groups excluding carboxylic acids is 2. The molecule has 2 aromatic rings. The highest BCUT2D eigenvalue weighted by molar-refractivity contribution is 5.99. The number of alkyl halides is 3. The van der Waals surface area contributed by atoms with Crippen molar-refractivity contribution < 1.29 is 28.0 Å². The molecule has 0 aliphatic carbocycles. The van der Waals surface area contributed by atoms with Gasteiger partial charge < -0.3 is 9.47 Å². The zero-order valence-electron chi connectivity index (χ0n) is 13.7. The lowest BCUT2D eigenvalue weighted by molar-refractivity contribution is -0.137. The minimum Gasteiger partial charge on any atom is -0.341 e. The highest BCUT2D eigenvalue weighted by Gasteiger charge is 2.33. The topological polar surface area (TPSA) is 74.6 Å². The largest absolute Gasteiger partial charge is 0.416 e. The molecule has 26 heavy (non-hydrogen) atoms. The molecule has 1 aromatic heterocycles. The van der Waals surface area contributed by atoms with E-state index in [0.29, 0.717) is 12.1 Å². The van der Waals surface area contributed by atoms with Crippen LogP contribution in [-0.2, 0) is 19.3 Å². The molecule has 1 aromatic carbocycles. The molecule has 138 valence electrons. The predicted molar refractivity (Wildman–Crippen MR) is 84.5 cm³/mol. The summed E-state index contributed by atoms with van der Waals surface area (Å²) in [7, 11) is 0. The van der Waals surface area contributed by atoms with Crippen molar-refractivity contribution in [2.24, 2.45) is 0 Å². The molecule has 0 fully saturated rings. The van der Waals surface area contributed by atoms with Gasteiger partial charge in [0.05, 0.1) is 11.1 Å². The number of amides is 2. The van der Waals surface area contributed by atoms with Gasteiger partial charge in [-0.15, -0.1) is 0 Å². The maximum atomic E-state index is 12.9. The monoisotopic (exact) mass is 367 g/mol. The molecule has 0 spiro atoms. The average Bonchev–Trinajstić information content (AvgIpc) is 3.01. The Labute approximate surface area is 146 Å². The van der Waals surface area contributed by atoms with Crippen molar-refractivity contribution in [1.82, 2.24) is 14.9 Å². The number of nitrogens with zero attached hydrogens (tertiary/aromatic N) is 2. The van der Waals surface area contributed by atoms with Crippen LogP contribution in [0.15, 0.2) is 36.5 Å². The van der Waals surface area contributed by atoms with Crippen LogP contribution >= 0.6 is 0 Å². The number of rotatable bonds is 3. The minimum atomic E-state index is -4.45. The normalized spacial score (nSPS) is 17.2. The third-order valence-electron chi connectivity index (χ3n) is 4.34. The molecule has 1 aliphatic heterocycles. The number of halogens is 3. The molecule has 3 rings (SSSR count). The summed E-state index contributed by atoms with van der Waals surface area (Å²) in [4.78, 5) is 25.7. The van der Waals surface area contributed by atoms with Gasteiger partial charge in [-0.05, 0) is 30.7 Å². The Kier molecular flexibility index (Phi) is 4.49. The zero-order valence-corrected chi connectivity index (χ0v) is 13.7. The molecule has 1 aliphatic rings. The number of benzene rings is 1. The van der Waals surface area contributed by atoms with E-state index in [2.05, 4.69) is 0 Å². The van der Waals surface area contributed by atoms with Crippen molar-refractivity contribution in [3.63, 3.8) is 0 Å². The molecule has 2 N–H and O–H groups in total. The molecule has 0 radical (unpaired) electrons. The van der Waals surface area contributed by atoms with Crippen LogP contribution in [0.3, 0.4) is 0 Å². The van der Waals surface area contributed by atoms with Gasteiger partial charge in [0.15, 0.2) is 0 Å². The molecular formula is C17H16F3N3O3. The molecular weight excluding hydrogens is 351 g/mol. The second-order valence-corrected chi connectivity index (χ2v) is 6.19. The van der Waals surface area contributed by atoms with Gasteiger partial charge in [0.2, 0.25) is 0 Å². The predicted octanol–water partition coefficient (Wildman–Crippen LogP) is 2.67. The van der Waals surface area contributed by atoms with Crippen LogP contribution in [0, 0.1) is 0 Å². The van der Waals surface area contributed by atoms with E-state index in [1.165, 1.54) is 34.8 Å². The lowest BCUT2D eigenvalue weighted by Gasteiger charge is -2.34. The van der Waals surface area contributed by atoms with E-state index >= 15 is 0 Å². The molecule has 6 nitrogen and oxygen atoms in total. The van der Waals surface area contributed by atoms with Gasteiger partial charge in [0.1, 0.15) is 5.69 Å². The van der Waals surface area contributed by atoms with Crippen molar-refractivity contribution in [1.29, 1.82) is 0 Å². The molecule has 9 heteroatoms. The summed E-state index contributed by atoms with van der Waals surface area (Å²) < 4.78 is 40.2. The van der Waals surface area contributed by atoms with Gasteiger partial charge in [-0.1, -0.05) is 12.1 Å². The first-order chi connectivity index (χ1) is 12.2. The third-order valence-corrected chi connectivity index (χ3v) is 4.34. The van der Waals surface area contributed by atoms with E-state index in [0.717, 1.165) is 12.1 Å². The van der Waals surface area contributed by atoms with Crippen LogP contribution in [0.1, 0.15) is 38.9 Å². The van der Waals surface area contributed by atoms with Crippen LogP contribution in [0.25, 0.3) is 0 Å². The van der Waals surface area contributed by atoms with Gasteiger partial charge in [-0.3, -0.25) is 14.8 Å². The molecule has 2 amide bonds. The van der Waals surface area contributed by atoms with Crippen molar-refractivity contribution >= 4 is 11.8 Å². The van der Waals surface area contributed by atoms with Crippen LogP contribution in [0.5, 0.6) is 0 Å². The van der Waals surface area contributed by atoms with Crippen molar-refractivity contribution in [3.8, 4) is 0 Å². The van der Waals surface area contributed by atoms with Gasteiger partial charge in [-0.2, -0.15) is 13.2 Å². The van der Waals surface area contributed by atoms with Gasteiger partial charge in [-0.25, -0.2) is 5.48 Å². The van der Waals surface area contributed by atoms with E-state index in [9.17, 15) is 22.8 Å². The van der Waals surface area contributed by atoms with Gasteiger partial charge >= 0.3 is 6.18 Å². The minimum absolute atomic E-state index is 0.0244. The number of aromatic nitrogens is 1. The Balaban J connectivity index is 1.87. The van der Waals surface area contributed by atoms with Gasteiger partial charge in [0, 0.05) is 25.3 Å². The maximum absolute atomic E-state index is 12.9. The number of hydroxylamine groups is 1. The first kappa shape index (κ1) is 18.0. The summed E-state index contributed by atoms with van der Waals surface area (Å²) in [5, 5.41) is 8.71. The highest BCUT2D eigenvalue weighted by atomic mass is 19.4. The number of hydrogen-bond acceptors (Lipinski definition) is 3. The lowest BCUT2D eigenvalue weighted by atomic mass is 10.1. The van der Waals surface area contributed by atoms with E-state index in [-0.39, 0.29) is 23.8 Å². The molecule has 0 saturated heterocycles. The Bertz CT molecular complexity index is 860. The number of hydrogen-bond donors (Lipinski definition) is 2. The molecule has 1 atom stereocenters. The van der Waals surface area contributed by atoms with E-state index < -0.39 is 23.6 Å². The van der Waals surface area contributed by atoms with Crippen molar-refractivity contribution in [3.05, 3.63) is 58.9 Å². The zero-order chi connectivity index (χ0) is 19.1. The lowest BCUT2D eigenvalue weighted by Crippen LogP contribution is -2.45. The van der Waals surface area contributed by atoms with E-state index in [1.54, 1.807) is 11.5 Å². The van der Waals surface area contributed by atoms with Gasteiger partial charge in [0.25, 0.3) is 11.8 Å². The second kappa shape index (κ2) is 6.49. The third kappa shape index (κ3) is 3.30. The SMILES string of the molecule is CC1Cn2cc(C(=O)NO)cc2C(=O)N1Cc1cccc(C(F)(F)F)c1. The van der Waals surface area contributed by atoms with Crippen LogP contribution in [0.2, 0.25) is 0 Å². The standard InChI is InChI=1S/C17H16F3N3O3/c1-10-7-22-9-12(15(24)21-26)6-14(22)16(25)23(10)8-11-3-2-4-13(5-11)17(18,19)20/h2-6,9-10,26H,7-8H2,1H3,(H,21,24).